The smallest absolute Gasteiger partial charge is 0.258 e. The number of carbonyl (C=O) groups is 1. The van der Waals surface area contributed by atoms with Crippen LogP contribution in [-0.4, -0.2) is 22.7 Å². The summed E-state index contributed by atoms with van der Waals surface area (Å²) in [7, 11) is 0. The second-order valence-corrected chi connectivity index (χ2v) is 6.29. The molecule has 0 fully saturated rings. The average molecular weight is 372 g/mol. The minimum absolute atomic E-state index is 0.120. The van der Waals surface area contributed by atoms with Crippen LogP contribution in [0.2, 0.25) is 5.02 Å². The number of hydrogen-bond donors (Lipinski definition) is 1. The van der Waals surface area contributed by atoms with E-state index in [-0.39, 0.29) is 12.5 Å². The first kappa shape index (κ1) is 17.9. The summed E-state index contributed by atoms with van der Waals surface area (Å²) < 4.78 is 10.7. The van der Waals surface area contributed by atoms with Crippen molar-refractivity contribution < 1.29 is 14.1 Å². The maximum atomic E-state index is 12.0. The number of nitrogens with zero attached hydrogens (tertiary/aromatic N) is 2. The lowest BCUT2D eigenvalue weighted by Gasteiger charge is -2.10. The van der Waals surface area contributed by atoms with Gasteiger partial charge in [0.25, 0.3) is 5.91 Å². The summed E-state index contributed by atoms with van der Waals surface area (Å²) in [6, 6.07) is 14.2. The Bertz CT molecular complexity index is 876. The first-order chi connectivity index (χ1) is 12.5. The molecule has 1 amide bonds. The molecule has 0 aliphatic heterocycles. The maximum absolute atomic E-state index is 12.0. The van der Waals surface area contributed by atoms with Gasteiger partial charge in [0.05, 0.1) is 0 Å². The van der Waals surface area contributed by atoms with Crippen LogP contribution in [0.4, 0.5) is 0 Å². The molecule has 1 heterocycles. The first-order valence-electron chi connectivity index (χ1n) is 8.09. The zero-order valence-electron chi connectivity index (χ0n) is 14.4. The predicted octanol–water partition coefficient (Wildman–Crippen LogP) is 3.95. The summed E-state index contributed by atoms with van der Waals surface area (Å²) in [4.78, 5) is 16.4. The van der Waals surface area contributed by atoms with Gasteiger partial charge in [0, 0.05) is 10.6 Å². The van der Waals surface area contributed by atoms with Crippen molar-refractivity contribution in [3.8, 4) is 17.1 Å². The lowest BCUT2D eigenvalue weighted by Crippen LogP contribution is -2.31. The van der Waals surface area contributed by atoms with Crippen molar-refractivity contribution in [3.05, 3.63) is 65.0 Å². The molecule has 1 N–H and O–H groups in total. The molecule has 0 radical (unpaired) electrons. The van der Waals surface area contributed by atoms with E-state index in [9.17, 15) is 4.79 Å². The minimum Gasteiger partial charge on any atom is -0.484 e. The largest absolute Gasteiger partial charge is 0.484 e. The number of aryl methyl sites for hydroxylation is 1. The Morgan fingerprint density at radius 1 is 1.19 bits per heavy atom. The van der Waals surface area contributed by atoms with Crippen LogP contribution in [0.1, 0.15) is 24.4 Å². The number of amides is 1. The topological polar surface area (TPSA) is 77.2 Å². The highest BCUT2D eigenvalue weighted by Gasteiger charge is 2.17. The Hall–Kier alpha value is -2.86. The highest BCUT2D eigenvalue weighted by Crippen LogP contribution is 2.19. The van der Waals surface area contributed by atoms with Gasteiger partial charge in [0.1, 0.15) is 11.8 Å². The van der Waals surface area contributed by atoms with Crippen molar-refractivity contribution in [2.45, 2.75) is 19.9 Å². The second kappa shape index (κ2) is 8.01. The van der Waals surface area contributed by atoms with Gasteiger partial charge < -0.3 is 14.6 Å². The lowest BCUT2D eigenvalue weighted by molar-refractivity contribution is -0.123. The van der Waals surface area contributed by atoms with Gasteiger partial charge in [-0.15, -0.1) is 0 Å². The zero-order valence-corrected chi connectivity index (χ0v) is 15.2. The Labute approximate surface area is 156 Å². The highest BCUT2D eigenvalue weighted by molar-refractivity contribution is 6.30. The number of halogens is 1. The maximum Gasteiger partial charge on any atom is 0.258 e. The molecule has 6 nitrogen and oxygen atoms in total. The number of ether oxygens (including phenoxy) is 1. The molecule has 0 aliphatic carbocycles. The van der Waals surface area contributed by atoms with Gasteiger partial charge in [-0.3, -0.25) is 4.79 Å². The minimum atomic E-state index is -0.428. The summed E-state index contributed by atoms with van der Waals surface area (Å²) in [5.41, 5.74) is 2.01. The van der Waals surface area contributed by atoms with Gasteiger partial charge in [0.2, 0.25) is 11.7 Å². The molecule has 0 unspecified atom stereocenters. The van der Waals surface area contributed by atoms with Crippen LogP contribution in [0.25, 0.3) is 11.4 Å². The molecule has 0 saturated heterocycles. The summed E-state index contributed by atoms with van der Waals surface area (Å²) >= 11 is 5.81. The molecule has 7 heteroatoms. The molecular formula is C19H18ClN3O3. The highest BCUT2D eigenvalue weighted by atomic mass is 35.5. The fourth-order valence-electron chi connectivity index (χ4n) is 2.26. The second-order valence-electron chi connectivity index (χ2n) is 5.85. The van der Waals surface area contributed by atoms with Crippen LogP contribution in [0, 0.1) is 6.92 Å². The lowest BCUT2D eigenvalue weighted by atomic mass is 10.1. The number of hydrogen-bond acceptors (Lipinski definition) is 5. The van der Waals surface area contributed by atoms with E-state index in [0.717, 1.165) is 11.1 Å². The average Bonchev–Trinajstić information content (AvgIpc) is 3.12. The van der Waals surface area contributed by atoms with E-state index in [0.29, 0.717) is 22.5 Å². The van der Waals surface area contributed by atoms with Crippen LogP contribution in [-0.2, 0) is 4.79 Å². The van der Waals surface area contributed by atoms with Gasteiger partial charge in [-0.2, -0.15) is 4.98 Å². The monoisotopic (exact) mass is 371 g/mol. The number of benzene rings is 2. The molecule has 3 rings (SSSR count). The van der Waals surface area contributed by atoms with Crippen molar-refractivity contribution in [2.24, 2.45) is 0 Å². The van der Waals surface area contributed by atoms with Crippen molar-refractivity contribution in [3.63, 3.8) is 0 Å². The predicted molar refractivity (Wildman–Crippen MR) is 98.0 cm³/mol. The Balaban J connectivity index is 1.55. The fraction of sp³-hybridized carbons (Fsp3) is 0.211. The molecule has 0 bridgehead atoms. The molecule has 0 spiro atoms. The van der Waals surface area contributed by atoms with E-state index in [1.165, 1.54) is 0 Å². The van der Waals surface area contributed by atoms with Crippen LogP contribution in [0.15, 0.2) is 53.1 Å². The van der Waals surface area contributed by atoms with Crippen LogP contribution < -0.4 is 10.1 Å². The van der Waals surface area contributed by atoms with E-state index in [1.54, 1.807) is 31.2 Å². The summed E-state index contributed by atoms with van der Waals surface area (Å²) in [5.74, 6) is 1.10. The van der Waals surface area contributed by atoms with E-state index in [4.69, 9.17) is 20.9 Å². The van der Waals surface area contributed by atoms with Crippen molar-refractivity contribution in [2.75, 3.05) is 6.61 Å². The zero-order chi connectivity index (χ0) is 18.5. The third-order valence-corrected chi connectivity index (χ3v) is 3.93. The summed E-state index contributed by atoms with van der Waals surface area (Å²) in [5, 5.41) is 7.34. The van der Waals surface area contributed by atoms with Gasteiger partial charge >= 0.3 is 0 Å². The summed E-state index contributed by atoms with van der Waals surface area (Å²) in [6.07, 6.45) is 0. The van der Waals surface area contributed by atoms with Gasteiger partial charge in [-0.05, 0) is 38.1 Å². The SMILES string of the molecule is Cc1ccc(-c2noc([C@@H](C)NC(=O)COc3ccc(Cl)cc3)n2)cc1. The van der Waals surface area contributed by atoms with Crippen molar-refractivity contribution >= 4 is 17.5 Å². The number of aromatic nitrogens is 2. The first-order valence-corrected chi connectivity index (χ1v) is 8.47. The van der Waals surface area contributed by atoms with E-state index < -0.39 is 6.04 Å². The van der Waals surface area contributed by atoms with E-state index >= 15 is 0 Å². The number of carbonyl (C=O) groups excluding carboxylic acids is 1. The molecular weight excluding hydrogens is 354 g/mol. The van der Waals surface area contributed by atoms with Crippen molar-refractivity contribution in [1.29, 1.82) is 0 Å². The fourth-order valence-corrected chi connectivity index (χ4v) is 2.38. The molecule has 0 saturated carbocycles. The molecule has 2 aromatic carbocycles. The Morgan fingerprint density at radius 3 is 2.58 bits per heavy atom. The van der Waals surface area contributed by atoms with Crippen LogP contribution in [0.3, 0.4) is 0 Å². The Kier molecular flexibility index (Phi) is 5.53. The normalized spacial score (nSPS) is 11.8. The molecule has 26 heavy (non-hydrogen) atoms. The Morgan fingerprint density at radius 2 is 1.88 bits per heavy atom. The van der Waals surface area contributed by atoms with E-state index in [1.807, 2.05) is 31.2 Å². The molecule has 3 aromatic rings. The quantitative estimate of drug-likeness (QED) is 0.709. The molecule has 1 atom stereocenters. The van der Waals surface area contributed by atoms with Crippen LogP contribution in [0.5, 0.6) is 5.75 Å². The summed E-state index contributed by atoms with van der Waals surface area (Å²) in [6.45, 7) is 3.66. The van der Waals surface area contributed by atoms with Crippen LogP contribution >= 0.6 is 11.6 Å². The van der Waals surface area contributed by atoms with Crippen molar-refractivity contribution in [1.82, 2.24) is 15.5 Å². The van der Waals surface area contributed by atoms with E-state index in [2.05, 4.69) is 15.5 Å². The molecule has 1 aromatic heterocycles. The molecule has 0 aliphatic rings. The number of nitrogens with one attached hydrogen (secondary N) is 1. The van der Waals surface area contributed by atoms with Gasteiger partial charge in [-0.1, -0.05) is 46.6 Å². The van der Waals surface area contributed by atoms with Gasteiger partial charge in [0.15, 0.2) is 6.61 Å². The molecule has 134 valence electrons. The third-order valence-electron chi connectivity index (χ3n) is 3.68. The van der Waals surface area contributed by atoms with Gasteiger partial charge in [-0.25, -0.2) is 0 Å². The third kappa shape index (κ3) is 4.61. The standard InChI is InChI=1S/C19H18ClN3O3/c1-12-3-5-14(6-4-12)18-22-19(26-23-18)13(2)21-17(24)11-25-16-9-7-15(20)8-10-16/h3-10,13H,11H2,1-2H3,(H,21,24)/t13-/m1/s1. The number of rotatable bonds is 6.